The third-order valence-corrected chi connectivity index (χ3v) is 5.51. The van der Waals surface area contributed by atoms with Crippen LogP contribution in [0.15, 0.2) is 30.3 Å². The Balaban J connectivity index is 1.62. The second-order valence-electron chi connectivity index (χ2n) is 7.26. The minimum atomic E-state index is -0.297. The van der Waals surface area contributed by atoms with Gasteiger partial charge in [0.25, 0.3) is 0 Å². The highest BCUT2D eigenvalue weighted by atomic mass is 19.1. The fourth-order valence-electron chi connectivity index (χ4n) is 4.25. The van der Waals surface area contributed by atoms with Gasteiger partial charge in [-0.2, -0.15) is 0 Å². The fourth-order valence-corrected chi connectivity index (χ4v) is 4.25. The number of carbonyl (C=O) groups excluding carboxylic acids is 1. The van der Waals surface area contributed by atoms with E-state index in [-0.39, 0.29) is 31.1 Å². The van der Waals surface area contributed by atoms with E-state index in [0.717, 1.165) is 35.3 Å². The summed E-state index contributed by atoms with van der Waals surface area (Å²) in [6.45, 7) is 5.56. The highest BCUT2D eigenvalue weighted by Gasteiger charge is 2.36. The molecule has 2 aliphatic heterocycles. The molecule has 0 radical (unpaired) electrons. The zero-order chi connectivity index (χ0) is 19.7. The summed E-state index contributed by atoms with van der Waals surface area (Å²) in [5, 5.41) is 0. The molecule has 2 atom stereocenters. The molecule has 0 unspecified atom stereocenters. The van der Waals surface area contributed by atoms with Crippen LogP contribution in [0.5, 0.6) is 17.2 Å². The number of hydrogen-bond acceptors (Lipinski definition) is 5. The monoisotopic (exact) mass is 385 g/mol. The van der Waals surface area contributed by atoms with E-state index < -0.39 is 0 Å². The summed E-state index contributed by atoms with van der Waals surface area (Å²) in [4.78, 5) is 13.3. The van der Waals surface area contributed by atoms with E-state index in [1.54, 1.807) is 12.1 Å². The van der Waals surface area contributed by atoms with Gasteiger partial charge in [0.1, 0.15) is 17.9 Å². The average Bonchev–Trinajstić information content (AvgIpc) is 3.30. The number of nitrogens with zero attached hydrogens (tertiary/aromatic N) is 1. The van der Waals surface area contributed by atoms with Gasteiger partial charge in [0.2, 0.25) is 6.79 Å². The van der Waals surface area contributed by atoms with Crippen molar-refractivity contribution in [3.63, 3.8) is 0 Å². The van der Waals surface area contributed by atoms with Crippen LogP contribution in [0.4, 0.5) is 4.39 Å². The average molecular weight is 385 g/mol. The van der Waals surface area contributed by atoms with Gasteiger partial charge in [-0.25, -0.2) is 4.39 Å². The summed E-state index contributed by atoms with van der Waals surface area (Å²) in [7, 11) is 0. The Morgan fingerprint density at radius 2 is 2.14 bits per heavy atom. The normalized spacial score (nSPS) is 21.1. The molecule has 0 aromatic heterocycles. The first-order valence-electron chi connectivity index (χ1n) is 9.60. The van der Waals surface area contributed by atoms with Gasteiger partial charge in [0, 0.05) is 24.2 Å². The maximum atomic E-state index is 14.8. The van der Waals surface area contributed by atoms with Crippen LogP contribution < -0.4 is 14.2 Å². The maximum Gasteiger partial charge on any atom is 0.231 e. The Kier molecular flexibility index (Phi) is 5.22. The van der Waals surface area contributed by atoms with Gasteiger partial charge in [-0.15, -0.1) is 0 Å². The Morgan fingerprint density at radius 3 is 2.89 bits per heavy atom. The zero-order valence-corrected chi connectivity index (χ0v) is 16.1. The summed E-state index contributed by atoms with van der Waals surface area (Å²) < 4.78 is 31.2. The smallest absolute Gasteiger partial charge is 0.231 e. The number of aldehydes is 1. The first-order valence-corrected chi connectivity index (χ1v) is 9.60. The van der Waals surface area contributed by atoms with Crippen molar-refractivity contribution >= 4 is 6.29 Å². The van der Waals surface area contributed by atoms with Crippen molar-refractivity contribution < 1.29 is 23.4 Å². The van der Waals surface area contributed by atoms with Crippen molar-refractivity contribution in [3.8, 4) is 17.2 Å². The van der Waals surface area contributed by atoms with Crippen LogP contribution in [0.2, 0.25) is 0 Å². The Hall–Kier alpha value is -2.60. The maximum absolute atomic E-state index is 14.8. The van der Waals surface area contributed by atoms with Crippen molar-refractivity contribution in [2.24, 2.45) is 0 Å². The van der Waals surface area contributed by atoms with Crippen LogP contribution in [0.3, 0.4) is 0 Å². The van der Waals surface area contributed by atoms with E-state index in [9.17, 15) is 9.18 Å². The Labute approximate surface area is 164 Å². The van der Waals surface area contributed by atoms with Crippen LogP contribution >= 0.6 is 0 Å². The highest BCUT2D eigenvalue weighted by Crippen LogP contribution is 2.45. The van der Waals surface area contributed by atoms with Gasteiger partial charge in [-0.1, -0.05) is 12.1 Å². The van der Waals surface area contributed by atoms with E-state index in [1.807, 2.05) is 24.8 Å². The Bertz CT molecular complexity index is 885. The predicted molar refractivity (Wildman–Crippen MR) is 103 cm³/mol. The molecule has 1 saturated heterocycles. The third-order valence-electron chi connectivity index (χ3n) is 5.51. The summed E-state index contributed by atoms with van der Waals surface area (Å²) in [6.07, 6.45) is 1.62. The van der Waals surface area contributed by atoms with Crippen molar-refractivity contribution in [1.82, 2.24) is 4.90 Å². The van der Waals surface area contributed by atoms with Gasteiger partial charge >= 0.3 is 0 Å². The van der Waals surface area contributed by atoms with Crippen molar-refractivity contribution in [2.45, 2.75) is 32.2 Å². The lowest BCUT2D eigenvalue weighted by atomic mass is 9.92. The molecule has 148 valence electrons. The Morgan fingerprint density at radius 1 is 1.29 bits per heavy atom. The molecule has 1 fully saturated rings. The SMILES string of the molecule is CCOc1ccc([C@H]2C[C@@H](c3cc(C)c4c(c3)OCO4)CN2CC=O)c(F)c1. The number of likely N-dealkylation sites (tertiary alicyclic amines) is 1. The van der Waals surface area contributed by atoms with E-state index in [4.69, 9.17) is 14.2 Å². The van der Waals surface area contributed by atoms with E-state index in [2.05, 4.69) is 6.07 Å². The predicted octanol–water partition coefficient (Wildman–Crippen LogP) is 3.99. The third kappa shape index (κ3) is 3.44. The number of aryl methyl sites for hydroxylation is 1. The zero-order valence-electron chi connectivity index (χ0n) is 16.1. The first-order chi connectivity index (χ1) is 13.6. The van der Waals surface area contributed by atoms with E-state index in [1.165, 1.54) is 6.07 Å². The van der Waals surface area contributed by atoms with Gasteiger partial charge < -0.3 is 19.0 Å². The van der Waals surface area contributed by atoms with Crippen LogP contribution in [0.1, 0.15) is 42.0 Å². The van der Waals surface area contributed by atoms with Gasteiger partial charge in [0.05, 0.1) is 13.2 Å². The van der Waals surface area contributed by atoms with Gasteiger partial charge in [-0.3, -0.25) is 4.90 Å². The molecule has 5 nitrogen and oxygen atoms in total. The van der Waals surface area contributed by atoms with Crippen LogP contribution in [-0.4, -0.2) is 37.7 Å². The molecule has 0 bridgehead atoms. The molecule has 28 heavy (non-hydrogen) atoms. The number of fused-ring (bicyclic) bond motifs is 1. The van der Waals surface area contributed by atoms with Crippen molar-refractivity contribution in [1.29, 1.82) is 0 Å². The summed E-state index contributed by atoms with van der Waals surface area (Å²) in [5.74, 6) is 1.96. The summed E-state index contributed by atoms with van der Waals surface area (Å²) >= 11 is 0. The number of ether oxygens (including phenoxy) is 3. The standard InChI is InChI=1S/C22H24FNO4/c1-3-26-17-4-5-18(19(23)11-17)20-9-16(12-24(20)6-7-25)15-8-14(2)22-21(10-15)27-13-28-22/h4-5,7-8,10-11,16,20H,3,6,9,12-13H2,1-2H3/t16-,20-/m1/s1. The minimum absolute atomic E-state index is 0.156. The molecule has 0 N–H and O–H groups in total. The first kappa shape index (κ1) is 18.7. The molecule has 2 aromatic carbocycles. The van der Waals surface area contributed by atoms with E-state index in [0.29, 0.717) is 24.5 Å². The second kappa shape index (κ2) is 7.80. The van der Waals surface area contributed by atoms with Crippen molar-refractivity contribution in [3.05, 3.63) is 52.8 Å². The largest absolute Gasteiger partial charge is 0.494 e. The fraction of sp³-hybridized carbons (Fsp3) is 0.409. The number of halogens is 1. The minimum Gasteiger partial charge on any atom is -0.494 e. The highest BCUT2D eigenvalue weighted by molar-refractivity contribution is 5.53. The molecule has 2 aromatic rings. The number of carbonyl (C=O) groups is 1. The van der Waals surface area contributed by atoms with Crippen LogP contribution in [0.25, 0.3) is 0 Å². The number of rotatable bonds is 6. The molecule has 0 spiro atoms. The van der Waals surface area contributed by atoms with Crippen LogP contribution in [-0.2, 0) is 4.79 Å². The molecule has 0 amide bonds. The van der Waals surface area contributed by atoms with Crippen LogP contribution in [0, 0.1) is 12.7 Å². The summed E-state index contributed by atoms with van der Waals surface area (Å²) in [5.41, 5.74) is 2.76. The molecule has 2 heterocycles. The topological polar surface area (TPSA) is 48.0 Å². The quantitative estimate of drug-likeness (QED) is 0.704. The molecule has 2 aliphatic rings. The lowest BCUT2D eigenvalue weighted by Gasteiger charge is -2.23. The summed E-state index contributed by atoms with van der Waals surface area (Å²) in [6, 6.07) is 8.95. The number of hydrogen-bond donors (Lipinski definition) is 0. The molecule has 0 saturated carbocycles. The molecule has 0 aliphatic carbocycles. The second-order valence-corrected chi connectivity index (χ2v) is 7.26. The molecular formula is C22H24FNO4. The van der Waals surface area contributed by atoms with Gasteiger partial charge in [0.15, 0.2) is 11.5 Å². The lowest BCUT2D eigenvalue weighted by Crippen LogP contribution is -2.26. The molecular weight excluding hydrogens is 361 g/mol. The van der Waals surface area contributed by atoms with E-state index >= 15 is 0 Å². The lowest BCUT2D eigenvalue weighted by molar-refractivity contribution is -0.109. The molecule has 4 rings (SSSR count). The van der Waals surface area contributed by atoms with Gasteiger partial charge in [-0.05, 0) is 49.4 Å². The molecule has 6 heteroatoms. The van der Waals surface area contributed by atoms with Crippen molar-refractivity contribution in [2.75, 3.05) is 26.5 Å². The number of benzene rings is 2.